The molecule has 1 aromatic carbocycles. The molecule has 8 heteroatoms. The van der Waals surface area contributed by atoms with E-state index in [9.17, 15) is 4.79 Å². The van der Waals surface area contributed by atoms with Gasteiger partial charge in [0.25, 0.3) is 0 Å². The average molecular weight is 425 g/mol. The highest BCUT2D eigenvalue weighted by Crippen LogP contribution is 2.45. The van der Waals surface area contributed by atoms with Gasteiger partial charge in [0.15, 0.2) is 11.5 Å². The van der Waals surface area contributed by atoms with Gasteiger partial charge in [-0.05, 0) is 43.9 Å². The van der Waals surface area contributed by atoms with E-state index in [0.717, 1.165) is 41.7 Å². The van der Waals surface area contributed by atoms with Crippen LogP contribution >= 0.6 is 0 Å². The Balaban J connectivity index is 1.80. The van der Waals surface area contributed by atoms with Crippen molar-refractivity contribution in [1.82, 2.24) is 9.97 Å². The van der Waals surface area contributed by atoms with E-state index >= 15 is 0 Å². The second kappa shape index (κ2) is 8.91. The molecule has 31 heavy (non-hydrogen) atoms. The minimum atomic E-state index is -0.246. The van der Waals surface area contributed by atoms with Crippen LogP contribution in [0.15, 0.2) is 29.5 Å². The highest BCUT2D eigenvalue weighted by molar-refractivity contribution is 6.14. The number of hydrogen-bond donors (Lipinski definition) is 0. The summed E-state index contributed by atoms with van der Waals surface area (Å²) >= 11 is 0. The number of rotatable bonds is 6. The van der Waals surface area contributed by atoms with Crippen LogP contribution in [-0.4, -0.2) is 54.6 Å². The Morgan fingerprint density at radius 2 is 1.87 bits per heavy atom. The molecule has 2 heterocycles. The van der Waals surface area contributed by atoms with Crippen molar-refractivity contribution in [1.29, 1.82) is 0 Å². The normalized spacial score (nSPS) is 21.9. The molecule has 164 valence electrons. The Morgan fingerprint density at radius 3 is 2.52 bits per heavy atom. The first-order valence-corrected chi connectivity index (χ1v) is 10.5. The largest absolute Gasteiger partial charge is 0.493 e. The quantitative estimate of drug-likeness (QED) is 0.656. The summed E-state index contributed by atoms with van der Waals surface area (Å²) in [5.74, 6) is 1.22. The van der Waals surface area contributed by atoms with E-state index in [0.29, 0.717) is 24.1 Å². The molecular weight excluding hydrogens is 398 g/mol. The predicted octanol–water partition coefficient (Wildman–Crippen LogP) is 3.31. The fourth-order valence-electron chi connectivity index (χ4n) is 4.47. The molecule has 0 radical (unpaired) electrons. The molecular formula is C23H27N3O5. The summed E-state index contributed by atoms with van der Waals surface area (Å²) in [5, 5.41) is 0. The second-order valence-corrected chi connectivity index (χ2v) is 7.68. The zero-order chi connectivity index (χ0) is 22.0. The summed E-state index contributed by atoms with van der Waals surface area (Å²) in [6.45, 7) is 3.94. The maximum Gasteiger partial charge on any atom is 0.316 e. The molecule has 0 bridgehead atoms. The maximum atomic E-state index is 11.5. The third-order valence-corrected chi connectivity index (χ3v) is 5.77. The summed E-state index contributed by atoms with van der Waals surface area (Å²) in [6.07, 6.45) is 5.69. The van der Waals surface area contributed by atoms with Gasteiger partial charge in [0.05, 0.1) is 32.6 Å². The summed E-state index contributed by atoms with van der Waals surface area (Å²) in [7, 11) is 3.16. The number of aromatic nitrogens is 2. The summed E-state index contributed by atoms with van der Waals surface area (Å²) in [5.41, 5.74) is 3.71. The van der Waals surface area contributed by atoms with Gasteiger partial charge in [-0.15, -0.1) is 0 Å². The SMILES string of the molecule is CCOc1cc2c(cc1OC)C(c1cnc(OC)nc1)=N[C@@H]1CC[C@@H](OC(C)=O)C[C@H]21. The Labute approximate surface area is 181 Å². The first-order valence-electron chi connectivity index (χ1n) is 10.5. The van der Waals surface area contributed by atoms with Gasteiger partial charge in [0, 0.05) is 36.4 Å². The fourth-order valence-corrected chi connectivity index (χ4v) is 4.47. The molecule has 0 N–H and O–H groups in total. The first-order chi connectivity index (χ1) is 15.0. The summed E-state index contributed by atoms with van der Waals surface area (Å²) in [4.78, 5) is 25.1. The molecule has 8 nitrogen and oxygen atoms in total. The Morgan fingerprint density at radius 1 is 1.10 bits per heavy atom. The molecule has 1 aliphatic heterocycles. The monoisotopic (exact) mass is 425 g/mol. The van der Waals surface area contributed by atoms with E-state index in [1.54, 1.807) is 19.5 Å². The Kier molecular flexibility index (Phi) is 6.06. The smallest absolute Gasteiger partial charge is 0.316 e. The lowest BCUT2D eigenvalue weighted by molar-refractivity contribution is -0.148. The minimum Gasteiger partial charge on any atom is -0.493 e. The van der Waals surface area contributed by atoms with Crippen molar-refractivity contribution in [2.24, 2.45) is 4.99 Å². The van der Waals surface area contributed by atoms with Crippen LogP contribution in [0.2, 0.25) is 0 Å². The number of ether oxygens (including phenoxy) is 4. The lowest BCUT2D eigenvalue weighted by Crippen LogP contribution is -2.36. The predicted molar refractivity (Wildman–Crippen MR) is 114 cm³/mol. The van der Waals surface area contributed by atoms with Gasteiger partial charge in [0.1, 0.15) is 6.10 Å². The van der Waals surface area contributed by atoms with Crippen molar-refractivity contribution in [2.45, 2.75) is 51.2 Å². The molecule has 0 saturated heterocycles. The van der Waals surface area contributed by atoms with Crippen LogP contribution in [-0.2, 0) is 9.53 Å². The van der Waals surface area contributed by atoms with Crippen molar-refractivity contribution in [3.63, 3.8) is 0 Å². The number of aliphatic imine (C=N–C) groups is 1. The van der Waals surface area contributed by atoms with E-state index in [1.165, 1.54) is 14.0 Å². The minimum absolute atomic E-state index is 0.0827. The van der Waals surface area contributed by atoms with Crippen molar-refractivity contribution >= 4 is 11.7 Å². The highest BCUT2D eigenvalue weighted by Gasteiger charge is 2.38. The number of methoxy groups -OCH3 is 2. The van der Waals surface area contributed by atoms with Crippen molar-refractivity contribution in [3.05, 3.63) is 41.2 Å². The van der Waals surface area contributed by atoms with E-state index in [1.807, 2.05) is 19.1 Å². The van der Waals surface area contributed by atoms with Crippen LogP contribution in [0.3, 0.4) is 0 Å². The highest BCUT2D eigenvalue weighted by atomic mass is 16.5. The van der Waals surface area contributed by atoms with Gasteiger partial charge in [-0.2, -0.15) is 0 Å². The molecule has 4 rings (SSSR count). The van der Waals surface area contributed by atoms with Gasteiger partial charge in [0.2, 0.25) is 0 Å². The topological polar surface area (TPSA) is 92.1 Å². The van der Waals surface area contributed by atoms with Gasteiger partial charge in [-0.3, -0.25) is 9.79 Å². The van der Waals surface area contributed by atoms with Crippen LogP contribution in [0.1, 0.15) is 55.7 Å². The maximum absolute atomic E-state index is 11.5. The number of carbonyl (C=O) groups is 1. The lowest BCUT2D eigenvalue weighted by atomic mass is 9.74. The number of esters is 1. The second-order valence-electron chi connectivity index (χ2n) is 7.68. The molecule has 3 atom stereocenters. The summed E-state index contributed by atoms with van der Waals surface area (Å²) in [6, 6.07) is 4.41. The number of nitrogens with zero attached hydrogens (tertiary/aromatic N) is 3. The number of hydrogen-bond acceptors (Lipinski definition) is 8. The average Bonchev–Trinajstić information content (AvgIpc) is 2.78. The zero-order valence-corrected chi connectivity index (χ0v) is 18.3. The molecule has 1 saturated carbocycles. The lowest BCUT2D eigenvalue weighted by Gasteiger charge is -2.38. The Bertz CT molecular complexity index is 989. The molecule has 0 unspecified atom stereocenters. The first kappa shape index (κ1) is 21.1. The Hall–Kier alpha value is -3.16. The molecule has 2 aromatic rings. The van der Waals surface area contributed by atoms with Crippen LogP contribution in [0.25, 0.3) is 0 Å². The van der Waals surface area contributed by atoms with Gasteiger partial charge < -0.3 is 18.9 Å². The van der Waals surface area contributed by atoms with Crippen molar-refractivity contribution in [2.75, 3.05) is 20.8 Å². The van der Waals surface area contributed by atoms with Gasteiger partial charge in [-0.1, -0.05) is 0 Å². The van der Waals surface area contributed by atoms with Crippen molar-refractivity contribution in [3.8, 4) is 17.5 Å². The van der Waals surface area contributed by atoms with Crippen LogP contribution < -0.4 is 14.2 Å². The molecule has 0 amide bonds. The molecule has 1 fully saturated rings. The summed E-state index contributed by atoms with van der Waals surface area (Å²) < 4.78 is 22.1. The van der Waals surface area contributed by atoms with Gasteiger partial charge >= 0.3 is 12.0 Å². The number of carbonyl (C=O) groups excluding carboxylic acids is 1. The number of fused-ring (bicyclic) bond motifs is 3. The van der Waals surface area contributed by atoms with Crippen LogP contribution in [0.5, 0.6) is 17.5 Å². The zero-order valence-electron chi connectivity index (χ0n) is 18.3. The van der Waals surface area contributed by atoms with E-state index in [-0.39, 0.29) is 24.0 Å². The molecule has 2 aliphatic rings. The number of benzene rings is 1. The van der Waals surface area contributed by atoms with Crippen molar-refractivity contribution < 1.29 is 23.7 Å². The van der Waals surface area contributed by atoms with E-state index in [2.05, 4.69) is 9.97 Å². The third kappa shape index (κ3) is 4.19. The standard InChI is InChI=1S/C23H27N3O5/c1-5-30-21-9-16-17-8-15(31-13(2)27)6-7-19(17)26-22(18(16)10-20(21)28-3)14-11-24-23(29-4)25-12-14/h9-12,15,17,19H,5-8H2,1-4H3/t15-,17-,19-/m1/s1. The molecule has 1 aliphatic carbocycles. The van der Waals surface area contributed by atoms with E-state index < -0.39 is 0 Å². The fraction of sp³-hybridized carbons (Fsp3) is 0.478. The molecule has 0 spiro atoms. The van der Waals surface area contributed by atoms with Crippen LogP contribution in [0, 0.1) is 0 Å². The third-order valence-electron chi connectivity index (χ3n) is 5.77. The van der Waals surface area contributed by atoms with Gasteiger partial charge in [-0.25, -0.2) is 9.97 Å². The van der Waals surface area contributed by atoms with E-state index in [4.69, 9.17) is 23.9 Å². The molecule has 1 aromatic heterocycles. The van der Waals surface area contributed by atoms with Crippen LogP contribution in [0.4, 0.5) is 0 Å².